The summed E-state index contributed by atoms with van der Waals surface area (Å²) in [5.41, 5.74) is 1.19. The van der Waals surface area contributed by atoms with E-state index in [0.717, 1.165) is 6.42 Å². The summed E-state index contributed by atoms with van der Waals surface area (Å²) in [5.74, 6) is 0. The van der Waals surface area contributed by atoms with Gasteiger partial charge in [-0.05, 0) is 46.1 Å². The standard InChI is InChI=1S/C13H23NO2/c1-13(9-16-13)12(15)11(14-2)8-10-6-4-3-5-7-10/h6,11-12,14-15H,3-5,7-9H2,1-2H3/t11-,12?,13+/m0/s1. The molecule has 92 valence electrons. The topological polar surface area (TPSA) is 44.8 Å². The van der Waals surface area contributed by atoms with Crippen molar-refractivity contribution in [2.24, 2.45) is 0 Å². The van der Waals surface area contributed by atoms with Crippen molar-refractivity contribution in [3.8, 4) is 0 Å². The van der Waals surface area contributed by atoms with Crippen LogP contribution in [0.3, 0.4) is 0 Å². The zero-order valence-corrected chi connectivity index (χ0v) is 10.3. The van der Waals surface area contributed by atoms with Crippen molar-refractivity contribution in [3.05, 3.63) is 11.6 Å². The van der Waals surface area contributed by atoms with E-state index in [1.165, 1.54) is 31.3 Å². The first-order chi connectivity index (χ1) is 7.65. The molecule has 3 heteroatoms. The minimum atomic E-state index is -0.402. The SMILES string of the molecule is CN[C@@H](CC1=CCCCC1)C(O)[C@@]1(C)CO1. The van der Waals surface area contributed by atoms with Crippen molar-refractivity contribution >= 4 is 0 Å². The predicted octanol–water partition coefficient (Wildman–Crippen LogP) is 1.61. The van der Waals surface area contributed by atoms with Gasteiger partial charge >= 0.3 is 0 Å². The van der Waals surface area contributed by atoms with Gasteiger partial charge in [0.25, 0.3) is 0 Å². The second kappa shape index (κ2) is 4.86. The summed E-state index contributed by atoms with van der Waals surface area (Å²) < 4.78 is 5.32. The number of nitrogens with one attached hydrogen (secondary N) is 1. The number of aliphatic hydroxyl groups is 1. The van der Waals surface area contributed by atoms with Gasteiger partial charge < -0.3 is 15.2 Å². The maximum absolute atomic E-state index is 10.2. The Morgan fingerprint density at radius 2 is 2.31 bits per heavy atom. The van der Waals surface area contributed by atoms with Crippen LogP contribution in [0.5, 0.6) is 0 Å². The maximum atomic E-state index is 10.2. The van der Waals surface area contributed by atoms with Crippen LogP contribution in [0.4, 0.5) is 0 Å². The van der Waals surface area contributed by atoms with Crippen LogP contribution in [-0.2, 0) is 4.74 Å². The van der Waals surface area contributed by atoms with E-state index in [0.29, 0.717) is 6.61 Å². The van der Waals surface area contributed by atoms with Crippen molar-refractivity contribution in [1.82, 2.24) is 5.32 Å². The number of allylic oxidation sites excluding steroid dienone is 1. The molecule has 2 rings (SSSR count). The number of rotatable bonds is 5. The molecule has 0 aromatic carbocycles. The molecule has 3 nitrogen and oxygen atoms in total. The van der Waals surface area contributed by atoms with E-state index in [4.69, 9.17) is 4.74 Å². The Hall–Kier alpha value is -0.380. The van der Waals surface area contributed by atoms with Crippen LogP contribution in [0.2, 0.25) is 0 Å². The fourth-order valence-electron chi connectivity index (χ4n) is 2.45. The highest BCUT2D eigenvalue weighted by Gasteiger charge is 2.49. The molecular weight excluding hydrogens is 202 g/mol. The molecule has 16 heavy (non-hydrogen) atoms. The Kier molecular flexibility index (Phi) is 3.67. The van der Waals surface area contributed by atoms with Crippen LogP contribution < -0.4 is 5.32 Å². The molecule has 0 bridgehead atoms. The Morgan fingerprint density at radius 3 is 2.81 bits per heavy atom. The van der Waals surface area contributed by atoms with Crippen molar-refractivity contribution < 1.29 is 9.84 Å². The van der Waals surface area contributed by atoms with Gasteiger partial charge in [0.2, 0.25) is 0 Å². The van der Waals surface area contributed by atoms with Crippen LogP contribution in [-0.4, -0.2) is 36.5 Å². The van der Waals surface area contributed by atoms with Gasteiger partial charge in [0.15, 0.2) is 0 Å². The maximum Gasteiger partial charge on any atom is 0.116 e. The zero-order chi connectivity index (χ0) is 11.6. The first-order valence-corrected chi connectivity index (χ1v) is 6.33. The molecular formula is C13H23NO2. The molecule has 0 amide bonds. The van der Waals surface area contributed by atoms with Gasteiger partial charge in [-0.25, -0.2) is 0 Å². The molecule has 1 aliphatic heterocycles. The van der Waals surface area contributed by atoms with Crippen LogP contribution in [0.25, 0.3) is 0 Å². The second-order valence-corrected chi connectivity index (χ2v) is 5.25. The van der Waals surface area contributed by atoms with Crippen LogP contribution in [0.15, 0.2) is 11.6 Å². The summed E-state index contributed by atoms with van der Waals surface area (Å²) in [6.45, 7) is 2.67. The lowest BCUT2D eigenvalue weighted by molar-refractivity contribution is 0.0531. The molecule has 0 aromatic heterocycles. The lowest BCUT2D eigenvalue weighted by atomic mass is 9.89. The van der Waals surface area contributed by atoms with Crippen molar-refractivity contribution in [2.75, 3.05) is 13.7 Å². The van der Waals surface area contributed by atoms with E-state index in [2.05, 4.69) is 11.4 Å². The minimum Gasteiger partial charge on any atom is -0.388 e. The van der Waals surface area contributed by atoms with E-state index < -0.39 is 6.10 Å². The van der Waals surface area contributed by atoms with Gasteiger partial charge in [0, 0.05) is 6.04 Å². The fraction of sp³-hybridized carbons (Fsp3) is 0.846. The highest BCUT2D eigenvalue weighted by Crippen LogP contribution is 2.33. The van der Waals surface area contributed by atoms with Gasteiger partial charge in [-0.1, -0.05) is 11.6 Å². The lowest BCUT2D eigenvalue weighted by Crippen LogP contribution is -2.46. The molecule has 0 saturated carbocycles. The normalized spacial score (nSPS) is 33.1. The predicted molar refractivity (Wildman–Crippen MR) is 64.4 cm³/mol. The van der Waals surface area contributed by atoms with Crippen LogP contribution in [0, 0.1) is 0 Å². The summed E-state index contributed by atoms with van der Waals surface area (Å²) >= 11 is 0. The summed E-state index contributed by atoms with van der Waals surface area (Å²) in [7, 11) is 1.92. The van der Waals surface area contributed by atoms with Gasteiger partial charge in [-0.3, -0.25) is 0 Å². The fourth-order valence-corrected chi connectivity index (χ4v) is 2.45. The Morgan fingerprint density at radius 1 is 1.56 bits per heavy atom. The average Bonchev–Trinajstić information content (AvgIpc) is 3.06. The molecule has 0 radical (unpaired) electrons. The summed E-state index contributed by atoms with van der Waals surface area (Å²) in [6, 6.07) is 0.122. The van der Waals surface area contributed by atoms with E-state index in [1.807, 2.05) is 14.0 Å². The highest BCUT2D eigenvalue weighted by atomic mass is 16.6. The third-order valence-electron chi connectivity index (χ3n) is 3.84. The zero-order valence-electron chi connectivity index (χ0n) is 10.3. The van der Waals surface area contributed by atoms with E-state index in [-0.39, 0.29) is 11.6 Å². The monoisotopic (exact) mass is 225 g/mol. The summed E-state index contributed by atoms with van der Waals surface area (Å²) in [5, 5.41) is 13.4. The Labute approximate surface area is 97.9 Å². The van der Waals surface area contributed by atoms with Gasteiger partial charge in [0.05, 0.1) is 6.61 Å². The first kappa shape index (κ1) is 12.1. The first-order valence-electron chi connectivity index (χ1n) is 6.33. The minimum absolute atomic E-state index is 0.122. The molecule has 1 aliphatic carbocycles. The van der Waals surface area contributed by atoms with Crippen molar-refractivity contribution in [2.45, 2.75) is 56.8 Å². The lowest BCUT2D eigenvalue weighted by Gasteiger charge is -2.27. The van der Waals surface area contributed by atoms with Crippen LogP contribution in [0.1, 0.15) is 39.0 Å². The number of ether oxygens (including phenoxy) is 1. The Bertz CT molecular complexity index is 271. The number of likely N-dealkylation sites (N-methyl/N-ethyl adjacent to an activating group) is 1. The largest absolute Gasteiger partial charge is 0.388 e. The second-order valence-electron chi connectivity index (χ2n) is 5.25. The van der Waals surface area contributed by atoms with E-state index in [9.17, 15) is 5.11 Å². The molecule has 1 fully saturated rings. The molecule has 2 N–H and O–H groups in total. The molecule has 2 aliphatic rings. The number of epoxide rings is 1. The van der Waals surface area contributed by atoms with E-state index in [1.54, 1.807) is 0 Å². The third-order valence-corrected chi connectivity index (χ3v) is 3.84. The number of hydrogen-bond donors (Lipinski definition) is 2. The molecule has 3 atom stereocenters. The van der Waals surface area contributed by atoms with E-state index >= 15 is 0 Å². The van der Waals surface area contributed by atoms with Gasteiger partial charge in [0.1, 0.15) is 11.7 Å². The van der Waals surface area contributed by atoms with Gasteiger partial charge in [-0.15, -0.1) is 0 Å². The third kappa shape index (κ3) is 2.65. The number of hydrogen-bond acceptors (Lipinski definition) is 3. The van der Waals surface area contributed by atoms with Gasteiger partial charge in [-0.2, -0.15) is 0 Å². The number of aliphatic hydroxyl groups excluding tert-OH is 1. The van der Waals surface area contributed by atoms with Crippen molar-refractivity contribution in [1.29, 1.82) is 0 Å². The smallest absolute Gasteiger partial charge is 0.116 e. The molecule has 1 unspecified atom stereocenters. The molecule has 1 saturated heterocycles. The Balaban J connectivity index is 1.91. The highest BCUT2D eigenvalue weighted by molar-refractivity contribution is 5.10. The quantitative estimate of drug-likeness (QED) is 0.552. The van der Waals surface area contributed by atoms with Crippen LogP contribution >= 0.6 is 0 Å². The van der Waals surface area contributed by atoms with Crippen molar-refractivity contribution in [3.63, 3.8) is 0 Å². The summed E-state index contributed by atoms with van der Waals surface area (Å²) in [6.07, 6.45) is 7.91. The summed E-state index contributed by atoms with van der Waals surface area (Å²) in [4.78, 5) is 0. The molecule has 0 aromatic rings. The molecule has 1 heterocycles. The average molecular weight is 225 g/mol. The molecule has 0 spiro atoms.